The number of nitrogens with zero attached hydrogens (tertiary/aromatic N) is 4. The van der Waals surface area contributed by atoms with Crippen LogP contribution in [0.15, 0.2) is 42.7 Å². The SMILES string of the molecule is Cc1cc(C)n(-c2ccccc2CNC(=O)[C@H]2CNC[C@@H]2c2cnn(C)c2)n1.Cl. The number of nitrogens with one attached hydrogen (secondary N) is 2. The zero-order valence-electron chi connectivity index (χ0n) is 16.9. The summed E-state index contributed by atoms with van der Waals surface area (Å²) in [5, 5.41) is 15.3. The average molecular weight is 415 g/mol. The third-order valence-corrected chi connectivity index (χ3v) is 5.39. The van der Waals surface area contributed by atoms with Crippen molar-refractivity contribution in [2.75, 3.05) is 13.1 Å². The molecular weight excluding hydrogens is 388 g/mol. The molecule has 1 fully saturated rings. The number of para-hydroxylation sites is 1. The van der Waals surface area contributed by atoms with Gasteiger partial charge in [0, 0.05) is 44.5 Å². The van der Waals surface area contributed by atoms with Crippen LogP contribution in [-0.2, 0) is 18.4 Å². The molecule has 1 aliphatic rings. The maximum atomic E-state index is 12.9. The van der Waals surface area contributed by atoms with Gasteiger partial charge >= 0.3 is 0 Å². The van der Waals surface area contributed by atoms with Crippen LogP contribution in [0.3, 0.4) is 0 Å². The molecule has 1 saturated heterocycles. The molecule has 2 aromatic heterocycles. The van der Waals surface area contributed by atoms with Crippen LogP contribution < -0.4 is 10.6 Å². The number of hydrogen-bond acceptors (Lipinski definition) is 4. The first-order valence-corrected chi connectivity index (χ1v) is 9.61. The molecule has 4 rings (SSSR count). The molecule has 2 N–H and O–H groups in total. The lowest BCUT2D eigenvalue weighted by Crippen LogP contribution is -2.34. The summed E-state index contributed by atoms with van der Waals surface area (Å²) in [6.45, 7) is 5.98. The van der Waals surface area contributed by atoms with Gasteiger partial charge in [0.15, 0.2) is 0 Å². The van der Waals surface area contributed by atoms with Gasteiger partial charge in [-0.05, 0) is 37.1 Å². The van der Waals surface area contributed by atoms with Gasteiger partial charge in [-0.3, -0.25) is 9.48 Å². The van der Waals surface area contributed by atoms with Crippen molar-refractivity contribution >= 4 is 18.3 Å². The minimum Gasteiger partial charge on any atom is -0.352 e. The molecular formula is C21H27ClN6O. The Labute approximate surface area is 176 Å². The highest BCUT2D eigenvalue weighted by Gasteiger charge is 2.34. The molecule has 0 radical (unpaired) electrons. The number of carbonyl (C=O) groups excluding carboxylic acids is 1. The van der Waals surface area contributed by atoms with Crippen molar-refractivity contribution in [1.29, 1.82) is 0 Å². The zero-order chi connectivity index (χ0) is 19.7. The van der Waals surface area contributed by atoms with Crippen LogP contribution in [0, 0.1) is 19.8 Å². The second-order valence-corrected chi connectivity index (χ2v) is 7.50. The normalized spacial score (nSPS) is 18.4. The first-order chi connectivity index (χ1) is 13.5. The first kappa shape index (κ1) is 21.1. The monoisotopic (exact) mass is 414 g/mol. The Kier molecular flexibility index (Phi) is 6.39. The summed E-state index contributed by atoms with van der Waals surface area (Å²) in [6, 6.07) is 10.1. The highest BCUT2D eigenvalue weighted by molar-refractivity contribution is 5.85. The Hall–Kier alpha value is -2.64. The third kappa shape index (κ3) is 4.36. The Morgan fingerprint density at radius 2 is 2.07 bits per heavy atom. The van der Waals surface area contributed by atoms with Crippen LogP contribution in [0.2, 0.25) is 0 Å². The van der Waals surface area contributed by atoms with E-state index >= 15 is 0 Å². The Balaban J connectivity index is 0.00000240. The van der Waals surface area contributed by atoms with Crippen LogP contribution in [-0.4, -0.2) is 38.6 Å². The average Bonchev–Trinajstić information content (AvgIpc) is 3.39. The van der Waals surface area contributed by atoms with E-state index in [0.29, 0.717) is 13.1 Å². The molecule has 1 aromatic carbocycles. The first-order valence-electron chi connectivity index (χ1n) is 9.61. The summed E-state index contributed by atoms with van der Waals surface area (Å²) < 4.78 is 3.72. The third-order valence-electron chi connectivity index (χ3n) is 5.39. The molecule has 0 aliphatic carbocycles. The minimum absolute atomic E-state index is 0. The van der Waals surface area contributed by atoms with Crippen molar-refractivity contribution in [2.24, 2.45) is 13.0 Å². The van der Waals surface area contributed by atoms with Crippen LogP contribution in [0.5, 0.6) is 0 Å². The van der Waals surface area contributed by atoms with Crippen molar-refractivity contribution in [3.8, 4) is 5.69 Å². The van der Waals surface area contributed by atoms with Crippen molar-refractivity contribution in [3.63, 3.8) is 0 Å². The number of aryl methyl sites for hydroxylation is 3. The van der Waals surface area contributed by atoms with Gasteiger partial charge in [0.05, 0.1) is 23.5 Å². The Morgan fingerprint density at radius 3 is 2.76 bits per heavy atom. The standard InChI is InChI=1S/C21H26N6O.ClH/c1-14-8-15(2)27(25-14)20-7-5-4-6-16(20)9-23-21(28)19-12-22-11-18(19)17-10-24-26(3)13-17;/h4-8,10,13,18-19,22H,9,11-12H2,1-3H3,(H,23,28);1H/t18-,19+;/m1./s1. The molecule has 0 bridgehead atoms. The molecule has 154 valence electrons. The largest absolute Gasteiger partial charge is 0.352 e. The molecule has 3 heterocycles. The van der Waals surface area contributed by atoms with E-state index < -0.39 is 0 Å². The summed E-state index contributed by atoms with van der Waals surface area (Å²) in [5.41, 5.74) is 5.21. The lowest BCUT2D eigenvalue weighted by molar-refractivity contribution is -0.125. The molecule has 1 amide bonds. The highest BCUT2D eigenvalue weighted by atomic mass is 35.5. The number of amides is 1. The fourth-order valence-corrected chi connectivity index (χ4v) is 3.99. The maximum Gasteiger partial charge on any atom is 0.225 e. The maximum absolute atomic E-state index is 12.9. The molecule has 29 heavy (non-hydrogen) atoms. The number of rotatable bonds is 5. The van der Waals surface area contributed by atoms with Crippen molar-refractivity contribution in [3.05, 3.63) is 65.2 Å². The van der Waals surface area contributed by atoms with Gasteiger partial charge in [-0.1, -0.05) is 18.2 Å². The van der Waals surface area contributed by atoms with Crippen LogP contribution in [0.4, 0.5) is 0 Å². The fourth-order valence-electron chi connectivity index (χ4n) is 3.99. The van der Waals surface area contributed by atoms with Crippen molar-refractivity contribution in [1.82, 2.24) is 30.2 Å². The van der Waals surface area contributed by atoms with Gasteiger partial charge in [0.1, 0.15) is 0 Å². The van der Waals surface area contributed by atoms with E-state index in [4.69, 9.17) is 0 Å². The lowest BCUT2D eigenvalue weighted by atomic mass is 9.90. The predicted molar refractivity (Wildman–Crippen MR) is 114 cm³/mol. The minimum atomic E-state index is -0.0925. The van der Waals surface area contributed by atoms with E-state index in [2.05, 4.69) is 26.9 Å². The van der Waals surface area contributed by atoms with E-state index in [1.165, 1.54) is 0 Å². The molecule has 2 atom stereocenters. The molecule has 1 aliphatic heterocycles. The van der Waals surface area contributed by atoms with Gasteiger partial charge in [0.2, 0.25) is 5.91 Å². The Morgan fingerprint density at radius 1 is 1.28 bits per heavy atom. The molecule has 0 spiro atoms. The zero-order valence-corrected chi connectivity index (χ0v) is 17.7. The number of carbonyl (C=O) groups is 1. The number of hydrogen-bond donors (Lipinski definition) is 2. The quantitative estimate of drug-likeness (QED) is 0.671. The van der Waals surface area contributed by atoms with E-state index in [-0.39, 0.29) is 30.2 Å². The smallest absolute Gasteiger partial charge is 0.225 e. The molecule has 3 aromatic rings. The lowest BCUT2D eigenvalue weighted by Gasteiger charge is -2.18. The van der Waals surface area contributed by atoms with Crippen molar-refractivity contribution < 1.29 is 4.79 Å². The van der Waals surface area contributed by atoms with E-state index in [9.17, 15) is 4.79 Å². The summed E-state index contributed by atoms with van der Waals surface area (Å²) in [5.74, 6) is 0.132. The van der Waals surface area contributed by atoms with Gasteiger partial charge < -0.3 is 10.6 Å². The second-order valence-electron chi connectivity index (χ2n) is 7.50. The van der Waals surface area contributed by atoms with Gasteiger partial charge in [-0.15, -0.1) is 12.4 Å². The van der Waals surface area contributed by atoms with Gasteiger partial charge in [-0.2, -0.15) is 10.2 Å². The van der Waals surface area contributed by atoms with Crippen molar-refractivity contribution in [2.45, 2.75) is 26.3 Å². The number of benzene rings is 1. The van der Waals surface area contributed by atoms with E-state index in [0.717, 1.165) is 34.7 Å². The van der Waals surface area contributed by atoms with Gasteiger partial charge in [-0.25, -0.2) is 4.68 Å². The predicted octanol–water partition coefficient (Wildman–Crippen LogP) is 2.26. The number of halogens is 1. The van der Waals surface area contributed by atoms with E-state index in [1.54, 1.807) is 4.68 Å². The summed E-state index contributed by atoms with van der Waals surface area (Å²) in [7, 11) is 1.90. The summed E-state index contributed by atoms with van der Waals surface area (Å²) in [6.07, 6.45) is 3.85. The van der Waals surface area contributed by atoms with Crippen LogP contribution in [0.1, 0.15) is 28.4 Å². The second kappa shape index (κ2) is 8.80. The van der Waals surface area contributed by atoms with Gasteiger partial charge in [0.25, 0.3) is 0 Å². The molecule has 8 heteroatoms. The molecule has 0 saturated carbocycles. The molecule has 0 unspecified atom stereocenters. The summed E-state index contributed by atoms with van der Waals surface area (Å²) in [4.78, 5) is 12.9. The molecule has 7 nitrogen and oxygen atoms in total. The van der Waals surface area contributed by atoms with Crippen LogP contribution >= 0.6 is 12.4 Å². The highest BCUT2D eigenvalue weighted by Crippen LogP contribution is 2.28. The topological polar surface area (TPSA) is 76.8 Å². The number of aromatic nitrogens is 4. The van der Waals surface area contributed by atoms with Crippen LogP contribution in [0.25, 0.3) is 5.69 Å². The fraction of sp³-hybridized carbons (Fsp3) is 0.381. The van der Waals surface area contributed by atoms with E-state index in [1.807, 2.05) is 62.2 Å². The summed E-state index contributed by atoms with van der Waals surface area (Å²) >= 11 is 0. The Bertz CT molecular complexity index is 995.